The number of ketones is 1. The highest BCUT2D eigenvalue weighted by molar-refractivity contribution is 6.30. The Hall–Kier alpha value is -1.29. The summed E-state index contributed by atoms with van der Waals surface area (Å²) < 4.78 is 18.1. The van der Waals surface area contributed by atoms with Gasteiger partial charge in [0, 0.05) is 11.8 Å². The maximum atomic E-state index is 13.3. The molecule has 2 N–H and O–H groups in total. The van der Waals surface area contributed by atoms with Gasteiger partial charge in [-0.3, -0.25) is 4.79 Å². The van der Waals surface area contributed by atoms with Crippen molar-refractivity contribution in [1.29, 1.82) is 0 Å². The summed E-state index contributed by atoms with van der Waals surface area (Å²) >= 11 is 5.32. The van der Waals surface area contributed by atoms with Crippen LogP contribution in [-0.2, 0) is 0 Å². The van der Waals surface area contributed by atoms with Crippen molar-refractivity contribution >= 4 is 23.1 Å². The number of carbonyl (C=O) groups excluding carboxylic acids is 1. The number of alkyl halides is 1. The van der Waals surface area contributed by atoms with Crippen molar-refractivity contribution in [3.63, 3.8) is 0 Å². The molecule has 3 nitrogen and oxygen atoms in total. The van der Waals surface area contributed by atoms with Gasteiger partial charge in [-0.05, 0) is 6.07 Å². The van der Waals surface area contributed by atoms with Gasteiger partial charge >= 0.3 is 0 Å². The number of halogens is 2. The summed E-state index contributed by atoms with van der Waals surface area (Å²) in [5.74, 6) is -1.43. The molecule has 0 aliphatic rings. The number of benzene rings is 1. The van der Waals surface area contributed by atoms with Crippen molar-refractivity contribution in [2.75, 3.05) is 18.7 Å². The predicted molar refractivity (Wildman–Crippen MR) is 52.4 cm³/mol. The van der Waals surface area contributed by atoms with E-state index in [0.29, 0.717) is 0 Å². The summed E-state index contributed by atoms with van der Waals surface area (Å²) in [7, 11) is 1.33. The van der Waals surface area contributed by atoms with Crippen LogP contribution in [0.15, 0.2) is 12.1 Å². The molecule has 14 heavy (non-hydrogen) atoms. The van der Waals surface area contributed by atoms with Gasteiger partial charge in [0.15, 0.2) is 5.78 Å². The maximum absolute atomic E-state index is 13.3. The number of carbonyl (C=O) groups is 1. The summed E-state index contributed by atoms with van der Waals surface area (Å²) in [6, 6.07) is 2.44. The number of nitrogens with two attached hydrogens (primary N) is 1. The van der Waals surface area contributed by atoms with E-state index in [2.05, 4.69) is 0 Å². The van der Waals surface area contributed by atoms with Crippen LogP contribution in [0.4, 0.5) is 10.1 Å². The Kier molecular flexibility index (Phi) is 3.30. The fourth-order valence-corrected chi connectivity index (χ4v) is 1.23. The lowest BCUT2D eigenvalue weighted by Gasteiger charge is -2.08. The Balaban J connectivity index is 3.32. The van der Waals surface area contributed by atoms with E-state index in [1.54, 1.807) is 0 Å². The Bertz CT molecular complexity index is 368. The molecule has 0 radical (unpaired) electrons. The number of hydrogen-bond acceptors (Lipinski definition) is 3. The molecule has 0 heterocycles. The highest BCUT2D eigenvalue weighted by Gasteiger charge is 2.17. The van der Waals surface area contributed by atoms with Crippen molar-refractivity contribution in [2.45, 2.75) is 0 Å². The van der Waals surface area contributed by atoms with E-state index in [1.807, 2.05) is 0 Å². The molecule has 0 atom stereocenters. The van der Waals surface area contributed by atoms with Crippen LogP contribution < -0.4 is 10.5 Å². The molecule has 1 rings (SSSR count). The summed E-state index contributed by atoms with van der Waals surface area (Å²) in [5.41, 5.74) is 5.42. The van der Waals surface area contributed by atoms with Crippen molar-refractivity contribution < 1.29 is 13.9 Å². The lowest BCUT2D eigenvalue weighted by molar-refractivity contribution is 0.101. The summed E-state index contributed by atoms with van der Waals surface area (Å²) in [4.78, 5) is 11.2. The van der Waals surface area contributed by atoms with Gasteiger partial charge in [0.25, 0.3) is 0 Å². The molecule has 76 valence electrons. The quantitative estimate of drug-likeness (QED) is 0.478. The molecule has 0 spiro atoms. The first kappa shape index (κ1) is 10.8. The minimum atomic E-state index is -0.715. The first-order chi connectivity index (χ1) is 6.60. The van der Waals surface area contributed by atoms with E-state index in [-0.39, 0.29) is 22.9 Å². The predicted octanol–water partition coefficient (Wildman–Crippen LogP) is 1.84. The third-order valence-electron chi connectivity index (χ3n) is 1.70. The zero-order valence-electron chi connectivity index (χ0n) is 7.51. The van der Waals surface area contributed by atoms with Crippen molar-refractivity contribution in [1.82, 2.24) is 0 Å². The highest BCUT2D eigenvalue weighted by Crippen LogP contribution is 2.25. The van der Waals surface area contributed by atoms with Crippen LogP contribution in [0.5, 0.6) is 5.75 Å². The first-order valence-electron chi connectivity index (χ1n) is 3.82. The van der Waals surface area contributed by atoms with Crippen LogP contribution in [-0.4, -0.2) is 18.8 Å². The van der Waals surface area contributed by atoms with E-state index in [9.17, 15) is 9.18 Å². The average molecular weight is 218 g/mol. The Morgan fingerprint density at radius 2 is 2.29 bits per heavy atom. The van der Waals surface area contributed by atoms with Gasteiger partial charge in [-0.2, -0.15) is 0 Å². The van der Waals surface area contributed by atoms with Gasteiger partial charge in [0.2, 0.25) is 0 Å². The van der Waals surface area contributed by atoms with Crippen LogP contribution in [0.1, 0.15) is 10.4 Å². The number of nitrogen functional groups attached to an aromatic ring is 1. The standard InChI is InChI=1S/C9H9ClFNO2/c1-14-8-3-5(12)2-6(11)9(8)7(13)4-10/h2-3H,4,12H2,1H3. The second-order valence-electron chi connectivity index (χ2n) is 2.64. The molecule has 0 aliphatic carbocycles. The van der Waals surface area contributed by atoms with Gasteiger partial charge in [0.1, 0.15) is 11.6 Å². The molecule has 0 saturated carbocycles. The summed E-state index contributed by atoms with van der Waals surface area (Å²) in [6.07, 6.45) is 0. The molecule has 1 aromatic carbocycles. The lowest BCUT2D eigenvalue weighted by atomic mass is 10.1. The molecule has 0 aromatic heterocycles. The van der Waals surface area contributed by atoms with Gasteiger partial charge < -0.3 is 10.5 Å². The molecule has 0 fully saturated rings. The SMILES string of the molecule is COc1cc(N)cc(F)c1C(=O)CCl. The van der Waals surface area contributed by atoms with Crippen LogP contribution in [0.25, 0.3) is 0 Å². The largest absolute Gasteiger partial charge is 0.496 e. The number of Topliss-reactive ketones (excluding diaryl/α,β-unsaturated/α-hetero) is 1. The van der Waals surface area contributed by atoms with E-state index >= 15 is 0 Å². The third-order valence-corrected chi connectivity index (χ3v) is 1.94. The molecule has 0 unspecified atom stereocenters. The molecule has 5 heteroatoms. The van der Waals surface area contributed by atoms with E-state index in [0.717, 1.165) is 6.07 Å². The minimum absolute atomic E-state index is 0.105. The molecule has 0 amide bonds. The first-order valence-corrected chi connectivity index (χ1v) is 4.35. The fraction of sp³-hybridized carbons (Fsp3) is 0.222. The molecule has 1 aromatic rings. The van der Waals surface area contributed by atoms with Crippen molar-refractivity contribution in [3.05, 3.63) is 23.5 Å². The number of rotatable bonds is 3. The van der Waals surface area contributed by atoms with Crippen molar-refractivity contribution in [3.8, 4) is 5.75 Å². The molecule has 0 saturated heterocycles. The van der Waals surface area contributed by atoms with Gasteiger partial charge in [-0.1, -0.05) is 0 Å². The zero-order chi connectivity index (χ0) is 10.7. The van der Waals surface area contributed by atoms with E-state index in [4.69, 9.17) is 22.1 Å². The summed E-state index contributed by atoms with van der Waals surface area (Å²) in [5, 5.41) is 0. The van der Waals surface area contributed by atoms with Crippen LogP contribution >= 0.6 is 11.6 Å². The van der Waals surface area contributed by atoms with Crippen LogP contribution in [0.3, 0.4) is 0 Å². The fourth-order valence-electron chi connectivity index (χ4n) is 1.10. The highest BCUT2D eigenvalue weighted by atomic mass is 35.5. The van der Waals surface area contributed by atoms with Crippen LogP contribution in [0.2, 0.25) is 0 Å². The second kappa shape index (κ2) is 4.28. The zero-order valence-corrected chi connectivity index (χ0v) is 8.27. The summed E-state index contributed by atoms with van der Waals surface area (Å²) in [6.45, 7) is 0. The van der Waals surface area contributed by atoms with Gasteiger partial charge in [0.05, 0.1) is 18.6 Å². The van der Waals surface area contributed by atoms with E-state index in [1.165, 1.54) is 13.2 Å². The Morgan fingerprint density at radius 1 is 1.64 bits per heavy atom. The topological polar surface area (TPSA) is 52.3 Å². The Labute approximate surface area is 85.6 Å². The second-order valence-corrected chi connectivity index (χ2v) is 2.90. The Morgan fingerprint density at radius 3 is 2.79 bits per heavy atom. The smallest absolute Gasteiger partial charge is 0.184 e. The molecule has 0 aliphatic heterocycles. The maximum Gasteiger partial charge on any atom is 0.184 e. The minimum Gasteiger partial charge on any atom is -0.496 e. The molecular weight excluding hydrogens is 209 g/mol. The average Bonchev–Trinajstić information content (AvgIpc) is 2.15. The molecule has 0 bridgehead atoms. The number of hydrogen-bond donors (Lipinski definition) is 1. The van der Waals surface area contributed by atoms with E-state index < -0.39 is 11.6 Å². The third kappa shape index (κ3) is 1.96. The number of anilines is 1. The van der Waals surface area contributed by atoms with Crippen LogP contribution in [0, 0.1) is 5.82 Å². The number of ether oxygens (including phenoxy) is 1. The molecular formula is C9H9ClFNO2. The van der Waals surface area contributed by atoms with Crippen molar-refractivity contribution in [2.24, 2.45) is 0 Å². The normalized spacial score (nSPS) is 9.93. The lowest BCUT2D eigenvalue weighted by Crippen LogP contribution is -2.07. The number of methoxy groups -OCH3 is 1. The van der Waals surface area contributed by atoms with Gasteiger partial charge in [-0.15, -0.1) is 11.6 Å². The monoisotopic (exact) mass is 217 g/mol. The van der Waals surface area contributed by atoms with Gasteiger partial charge in [-0.25, -0.2) is 4.39 Å².